The van der Waals surface area contributed by atoms with E-state index in [1.807, 2.05) is 17.0 Å². The van der Waals surface area contributed by atoms with Gasteiger partial charge in [-0.05, 0) is 29.5 Å². The first-order chi connectivity index (χ1) is 14.7. The average molecular weight is 413 g/mol. The number of aryl methyl sites for hydroxylation is 1. The molecule has 3 aliphatic rings. The maximum atomic E-state index is 12.8. The molecule has 0 N–H and O–H groups in total. The fourth-order valence-corrected chi connectivity index (χ4v) is 5.49. The molecule has 3 heterocycles. The van der Waals surface area contributed by atoms with Crippen LogP contribution in [-0.4, -0.2) is 28.3 Å². The van der Waals surface area contributed by atoms with Crippen molar-refractivity contribution < 1.29 is 9.53 Å². The Labute approximate surface area is 179 Å². The summed E-state index contributed by atoms with van der Waals surface area (Å²) < 4.78 is 6.28. The summed E-state index contributed by atoms with van der Waals surface area (Å²) >= 11 is 1.53. The second-order valence-corrected chi connectivity index (χ2v) is 8.84. The molecule has 3 aromatic rings. The van der Waals surface area contributed by atoms with Crippen molar-refractivity contribution in [1.29, 1.82) is 0 Å². The standard InChI is InChI=1S/C25H20N2O2S/c1-15-6-8-17(9-7-15)23-19-12-13-29-24-18-5-3-2-4-16(18)10-11-20(24)22(19)26-25-27(23)21(28)14-30-25/h2-11,23H,12-14H2,1H3. The topological polar surface area (TPSA) is 41.9 Å². The van der Waals surface area contributed by atoms with Gasteiger partial charge in [0, 0.05) is 17.4 Å². The van der Waals surface area contributed by atoms with Crippen molar-refractivity contribution in [3.05, 3.63) is 82.9 Å². The molecule has 0 aromatic heterocycles. The van der Waals surface area contributed by atoms with Crippen LogP contribution in [0.25, 0.3) is 16.5 Å². The fourth-order valence-electron chi connectivity index (χ4n) is 4.60. The second kappa shape index (κ2) is 6.74. The van der Waals surface area contributed by atoms with Crippen molar-refractivity contribution in [3.63, 3.8) is 0 Å². The largest absolute Gasteiger partial charge is 0.492 e. The lowest BCUT2D eigenvalue weighted by molar-refractivity contribution is -0.125. The molecule has 0 radical (unpaired) electrons. The molecule has 0 spiro atoms. The molecule has 5 heteroatoms. The van der Waals surface area contributed by atoms with Crippen molar-refractivity contribution in [2.75, 3.05) is 12.4 Å². The van der Waals surface area contributed by atoms with Gasteiger partial charge in [0.2, 0.25) is 5.91 Å². The van der Waals surface area contributed by atoms with E-state index in [4.69, 9.17) is 9.73 Å². The van der Waals surface area contributed by atoms with E-state index in [1.54, 1.807) is 0 Å². The van der Waals surface area contributed by atoms with E-state index in [9.17, 15) is 4.79 Å². The molecular weight excluding hydrogens is 392 g/mol. The van der Waals surface area contributed by atoms with Gasteiger partial charge in [0.1, 0.15) is 5.75 Å². The minimum atomic E-state index is -0.128. The van der Waals surface area contributed by atoms with Crippen LogP contribution in [0.4, 0.5) is 0 Å². The summed E-state index contributed by atoms with van der Waals surface area (Å²) in [6, 6.07) is 20.9. The molecule has 6 rings (SSSR count). The van der Waals surface area contributed by atoms with E-state index < -0.39 is 0 Å². The Bertz CT molecular complexity index is 1260. The van der Waals surface area contributed by atoms with Gasteiger partial charge in [-0.25, -0.2) is 4.99 Å². The van der Waals surface area contributed by atoms with Gasteiger partial charge in [0.25, 0.3) is 0 Å². The van der Waals surface area contributed by atoms with E-state index in [-0.39, 0.29) is 11.9 Å². The number of amides is 1. The van der Waals surface area contributed by atoms with Crippen LogP contribution in [0.15, 0.2) is 71.2 Å². The molecule has 3 aliphatic heterocycles. The number of fused-ring (bicyclic) bond motifs is 5. The number of benzene rings is 3. The number of carbonyl (C=O) groups excluding carboxylic acids is 1. The Hall–Kier alpha value is -3.05. The van der Waals surface area contributed by atoms with Crippen LogP contribution in [0.5, 0.6) is 5.75 Å². The van der Waals surface area contributed by atoms with Gasteiger partial charge in [-0.15, -0.1) is 0 Å². The van der Waals surface area contributed by atoms with E-state index in [1.165, 1.54) is 17.3 Å². The number of amidine groups is 1. The van der Waals surface area contributed by atoms with Gasteiger partial charge >= 0.3 is 0 Å². The van der Waals surface area contributed by atoms with Gasteiger partial charge in [-0.3, -0.25) is 9.69 Å². The van der Waals surface area contributed by atoms with Crippen molar-refractivity contribution in [2.45, 2.75) is 19.4 Å². The Morgan fingerprint density at radius 3 is 2.77 bits per heavy atom. The normalized spacial score (nSPS) is 20.3. The molecule has 4 nitrogen and oxygen atoms in total. The predicted octanol–water partition coefficient (Wildman–Crippen LogP) is 5.33. The third-order valence-electron chi connectivity index (χ3n) is 6.05. The smallest absolute Gasteiger partial charge is 0.239 e. The molecule has 1 atom stereocenters. The third kappa shape index (κ3) is 2.62. The lowest BCUT2D eigenvalue weighted by atomic mass is 9.89. The van der Waals surface area contributed by atoms with Crippen molar-refractivity contribution in [3.8, 4) is 5.75 Å². The molecule has 0 aliphatic carbocycles. The zero-order valence-corrected chi connectivity index (χ0v) is 17.4. The average Bonchev–Trinajstić information content (AvgIpc) is 3.03. The fraction of sp³-hybridized carbons (Fsp3) is 0.200. The van der Waals surface area contributed by atoms with Gasteiger partial charge in [-0.2, -0.15) is 0 Å². The minimum Gasteiger partial charge on any atom is -0.492 e. The number of hydrogen-bond acceptors (Lipinski definition) is 4. The lowest BCUT2D eigenvalue weighted by Crippen LogP contribution is -2.37. The highest BCUT2D eigenvalue weighted by Gasteiger charge is 2.42. The molecule has 0 saturated carbocycles. The predicted molar refractivity (Wildman–Crippen MR) is 122 cm³/mol. The molecule has 1 amide bonds. The molecule has 30 heavy (non-hydrogen) atoms. The van der Waals surface area contributed by atoms with Gasteiger partial charge in [0.05, 0.1) is 24.1 Å². The van der Waals surface area contributed by atoms with Gasteiger partial charge in [-0.1, -0.05) is 71.9 Å². The second-order valence-electron chi connectivity index (χ2n) is 7.90. The van der Waals surface area contributed by atoms with Crippen LogP contribution in [0.1, 0.15) is 29.2 Å². The van der Waals surface area contributed by atoms with Gasteiger partial charge in [0.15, 0.2) is 5.17 Å². The summed E-state index contributed by atoms with van der Waals surface area (Å²) in [5.41, 5.74) is 5.48. The number of aliphatic imine (C=N–C) groups is 1. The molecule has 1 saturated heterocycles. The van der Waals surface area contributed by atoms with Crippen LogP contribution < -0.4 is 4.74 Å². The monoisotopic (exact) mass is 412 g/mol. The van der Waals surface area contributed by atoms with Crippen LogP contribution in [0, 0.1) is 6.92 Å². The van der Waals surface area contributed by atoms with E-state index in [2.05, 4.69) is 55.5 Å². The number of carbonyl (C=O) groups is 1. The Morgan fingerprint density at radius 2 is 1.90 bits per heavy atom. The first-order valence-electron chi connectivity index (χ1n) is 10.2. The van der Waals surface area contributed by atoms with Crippen molar-refractivity contribution >= 4 is 39.3 Å². The summed E-state index contributed by atoms with van der Waals surface area (Å²) in [6.45, 7) is 2.65. The van der Waals surface area contributed by atoms with Crippen LogP contribution in [0.2, 0.25) is 0 Å². The highest BCUT2D eigenvalue weighted by molar-refractivity contribution is 8.15. The maximum Gasteiger partial charge on any atom is 0.239 e. The summed E-state index contributed by atoms with van der Waals surface area (Å²) in [7, 11) is 0. The molecule has 1 fully saturated rings. The summed E-state index contributed by atoms with van der Waals surface area (Å²) in [5, 5.41) is 3.06. The van der Waals surface area contributed by atoms with Crippen LogP contribution >= 0.6 is 11.8 Å². The third-order valence-corrected chi connectivity index (χ3v) is 6.98. The Morgan fingerprint density at radius 1 is 1.07 bits per heavy atom. The van der Waals surface area contributed by atoms with Crippen molar-refractivity contribution in [2.24, 2.45) is 4.99 Å². The minimum absolute atomic E-state index is 0.125. The maximum absolute atomic E-state index is 12.8. The SMILES string of the molecule is Cc1ccc(C2C3=C(N=C4SCC(=O)N42)c2ccc4ccccc4c2OCC3)cc1. The first kappa shape index (κ1) is 17.8. The number of hydrogen-bond donors (Lipinski definition) is 0. The molecule has 1 unspecified atom stereocenters. The van der Waals surface area contributed by atoms with Gasteiger partial charge < -0.3 is 4.74 Å². The summed E-state index contributed by atoms with van der Waals surface area (Å²) in [5.74, 6) is 1.47. The van der Waals surface area contributed by atoms with Crippen molar-refractivity contribution in [1.82, 2.24) is 4.90 Å². The lowest BCUT2D eigenvalue weighted by Gasteiger charge is -2.34. The number of nitrogens with zero attached hydrogens (tertiary/aromatic N) is 2. The van der Waals surface area contributed by atoms with E-state index in [0.29, 0.717) is 12.4 Å². The van der Waals surface area contributed by atoms with Crippen LogP contribution in [-0.2, 0) is 4.79 Å². The quantitative estimate of drug-likeness (QED) is 0.543. The van der Waals surface area contributed by atoms with Crippen LogP contribution in [0.3, 0.4) is 0 Å². The van der Waals surface area contributed by atoms with E-state index in [0.717, 1.165) is 50.5 Å². The molecular formula is C25H20N2O2S. The molecule has 0 bridgehead atoms. The highest BCUT2D eigenvalue weighted by Crippen LogP contribution is 2.48. The zero-order valence-electron chi connectivity index (χ0n) is 16.6. The Balaban J connectivity index is 1.61. The number of rotatable bonds is 1. The first-order valence-corrected chi connectivity index (χ1v) is 11.2. The number of thioether (sulfide) groups is 1. The summed E-state index contributed by atoms with van der Waals surface area (Å²) in [4.78, 5) is 19.7. The highest BCUT2D eigenvalue weighted by atomic mass is 32.2. The molecule has 148 valence electrons. The zero-order chi connectivity index (χ0) is 20.2. The summed E-state index contributed by atoms with van der Waals surface area (Å²) in [6.07, 6.45) is 0.738. The van der Waals surface area contributed by atoms with E-state index >= 15 is 0 Å². The Kier molecular flexibility index (Phi) is 4.00. The molecule has 3 aromatic carbocycles. The number of ether oxygens (including phenoxy) is 1.